The highest BCUT2D eigenvalue weighted by Gasteiger charge is 2.38. The number of hydrogen-bond acceptors (Lipinski definition) is 5. The highest BCUT2D eigenvalue weighted by molar-refractivity contribution is 5.98. The number of carbonyl (C=O) groups excluding carboxylic acids is 2. The van der Waals surface area contributed by atoms with E-state index in [2.05, 4.69) is 11.4 Å². The van der Waals surface area contributed by atoms with E-state index in [0.29, 0.717) is 26.3 Å². The molecule has 0 bridgehead atoms. The summed E-state index contributed by atoms with van der Waals surface area (Å²) in [5, 5.41) is 10.5. The molecular weight excluding hydrogens is 405 g/mol. The van der Waals surface area contributed by atoms with Gasteiger partial charge in [0.25, 0.3) is 0 Å². The molecule has 0 unspecified atom stereocenters. The number of hydrogen-bond donors (Lipinski definition) is 2. The average Bonchev–Trinajstić information content (AvgIpc) is 2.97. The number of rotatable bonds is 4. The summed E-state index contributed by atoms with van der Waals surface area (Å²) in [6.07, 6.45) is -2.53. The SMILES string of the molecule is O=C(CCC(=O)N1CCOCC1)c1ccc2c(c1)CCNCC2.O=C(O)C(F)(F)F. The molecule has 1 aromatic carbocycles. The van der Waals surface area contributed by atoms with Crippen molar-refractivity contribution in [2.45, 2.75) is 31.9 Å². The number of amides is 1. The monoisotopic (exact) mass is 430 g/mol. The van der Waals surface area contributed by atoms with E-state index in [1.54, 1.807) is 4.90 Å². The van der Waals surface area contributed by atoms with Crippen molar-refractivity contribution in [3.05, 3.63) is 34.9 Å². The molecule has 2 heterocycles. The Hall–Kier alpha value is -2.46. The molecule has 0 saturated carbocycles. The van der Waals surface area contributed by atoms with Gasteiger partial charge in [-0.15, -0.1) is 0 Å². The lowest BCUT2D eigenvalue weighted by Crippen LogP contribution is -2.40. The molecule has 2 aliphatic rings. The number of carboxylic acids is 1. The van der Waals surface area contributed by atoms with Gasteiger partial charge in [0.15, 0.2) is 5.78 Å². The van der Waals surface area contributed by atoms with Gasteiger partial charge in [0.05, 0.1) is 13.2 Å². The van der Waals surface area contributed by atoms with Crippen LogP contribution >= 0.6 is 0 Å². The number of aliphatic carboxylic acids is 1. The lowest BCUT2D eigenvalue weighted by Gasteiger charge is -2.26. The van der Waals surface area contributed by atoms with Gasteiger partial charge in [-0.25, -0.2) is 4.79 Å². The third-order valence-electron chi connectivity index (χ3n) is 4.84. The first-order valence-corrected chi connectivity index (χ1v) is 9.70. The van der Waals surface area contributed by atoms with Gasteiger partial charge in [0, 0.05) is 31.5 Å². The Labute approximate surface area is 172 Å². The Bertz CT molecular complexity index is 761. The van der Waals surface area contributed by atoms with Crippen LogP contribution < -0.4 is 5.32 Å². The second-order valence-electron chi connectivity index (χ2n) is 6.95. The zero-order valence-corrected chi connectivity index (χ0v) is 16.5. The van der Waals surface area contributed by atoms with Gasteiger partial charge >= 0.3 is 12.1 Å². The molecule has 30 heavy (non-hydrogen) atoms. The number of Topliss-reactive ketones (excluding diaryl/α,β-unsaturated/α-hetero) is 1. The van der Waals surface area contributed by atoms with Crippen molar-refractivity contribution < 1.29 is 37.4 Å². The summed E-state index contributed by atoms with van der Waals surface area (Å²) in [5.74, 6) is -2.64. The number of ether oxygens (including phenoxy) is 1. The first-order chi connectivity index (χ1) is 14.2. The van der Waals surface area contributed by atoms with Crippen LogP contribution in [0, 0.1) is 0 Å². The number of morpholine rings is 1. The number of carboxylic acid groups (broad SMARTS) is 1. The zero-order chi connectivity index (χ0) is 22.1. The number of alkyl halides is 3. The van der Waals surface area contributed by atoms with Crippen molar-refractivity contribution in [3.8, 4) is 0 Å². The number of nitrogens with one attached hydrogen (secondary N) is 1. The maximum Gasteiger partial charge on any atom is 0.490 e. The first kappa shape index (κ1) is 23.8. The molecule has 3 rings (SSSR count). The Kier molecular flexibility index (Phi) is 8.79. The summed E-state index contributed by atoms with van der Waals surface area (Å²) in [4.78, 5) is 35.2. The molecule has 0 aliphatic carbocycles. The van der Waals surface area contributed by atoms with Crippen LogP contribution in [-0.4, -0.2) is 73.2 Å². The zero-order valence-electron chi connectivity index (χ0n) is 16.5. The minimum absolute atomic E-state index is 0.0561. The molecule has 0 aromatic heterocycles. The van der Waals surface area contributed by atoms with Gasteiger partial charge in [-0.2, -0.15) is 13.2 Å². The predicted molar refractivity (Wildman–Crippen MR) is 101 cm³/mol. The fourth-order valence-corrected chi connectivity index (χ4v) is 3.18. The standard InChI is InChI=1S/C18H24N2O3.C2HF3O2/c21-17(3-4-18(22)20-9-11-23-12-10-20)16-2-1-14-5-7-19-8-6-15(14)13-16;3-2(4,5)1(6)7/h1-2,13,19H,3-12H2;(H,6,7). The molecule has 166 valence electrons. The van der Waals surface area contributed by atoms with Crippen molar-refractivity contribution in [2.75, 3.05) is 39.4 Å². The van der Waals surface area contributed by atoms with Gasteiger partial charge in [-0.05, 0) is 43.1 Å². The van der Waals surface area contributed by atoms with Crippen molar-refractivity contribution >= 4 is 17.7 Å². The molecular formula is C20H25F3N2O5. The summed E-state index contributed by atoms with van der Waals surface area (Å²) in [6.45, 7) is 4.42. The van der Waals surface area contributed by atoms with E-state index in [1.165, 1.54) is 11.1 Å². The number of carbonyl (C=O) groups is 3. The van der Waals surface area contributed by atoms with Crippen molar-refractivity contribution in [2.24, 2.45) is 0 Å². The number of benzene rings is 1. The topological polar surface area (TPSA) is 95.9 Å². The Morgan fingerprint density at radius 1 is 1.03 bits per heavy atom. The number of ketones is 1. The molecule has 2 aliphatic heterocycles. The van der Waals surface area contributed by atoms with Crippen molar-refractivity contribution in [1.29, 1.82) is 0 Å². The molecule has 1 amide bonds. The molecule has 0 spiro atoms. The van der Waals surface area contributed by atoms with Gasteiger partial charge in [0.2, 0.25) is 5.91 Å². The Morgan fingerprint density at radius 3 is 2.23 bits per heavy atom. The predicted octanol–water partition coefficient (Wildman–Crippen LogP) is 1.83. The maximum absolute atomic E-state index is 12.4. The van der Waals surface area contributed by atoms with Crippen LogP contribution in [0.1, 0.15) is 34.3 Å². The second-order valence-corrected chi connectivity index (χ2v) is 6.95. The largest absolute Gasteiger partial charge is 0.490 e. The number of halogens is 3. The van der Waals surface area contributed by atoms with E-state index >= 15 is 0 Å². The molecule has 0 radical (unpaired) electrons. The lowest BCUT2D eigenvalue weighted by molar-refractivity contribution is -0.192. The van der Waals surface area contributed by atoms with Crippen LogP contribution in [0.3, 0.4) is 0 Å². The minimum atomic E-state index is -5.08. The normalized spacial score (nSPS) is 16.6. The molecule has 0 atom stereocenters. The van der Waals surface area contributed by atoms with E-state index in [4.69, 9.17) is 14.6 Å². The van der Waals surface area contributed by atoms with E-state index in [0.717, 1.165) is 31.5 Å². The maximum atomic E-state index is 12.4. The summed E-state index contributed by atoms with van der Waals surface area (Å²) < 4.78 is 37.0. The Morgan fingerprint density at radius 2 is 1.63 bits per heavy atom. The molecule has 1 aromatic rings. The van der Waals surface area contributed by atoms with E-state index < -0.39 is 12.1 Å². The summed E-state index contributed by atoms with van der Waals surface area (Å²) >= 11 is 0. The fraction of sp³-hybridized carbons (Fsp3) is 0.550. The first-order valence-electron chi connectivity index (χ1n) is 9.70. The highest BCUT2D eigenvalue weighted by Crippen LogP contribution is 2.17. The van der Waals surface area contributed by atoms with E-state index in [-0.39, 0.29) is 24.5 Å². The summed E-state index contributed by atoms with van der Waals surface area (Å²) in [5.41, 5.74) is 3.33. The molecule has 7 nitrogen and oxygen atoms in total. The summed E-state index contributed by atoms with van der Waals surface area (Å²) in [6, 6.07) is 5.99. The highest BCUT2D eigenvalue weighted by atomic mass is 19.4. The quantitative estimate of drug-likeness (QED) is 0.708. The van der Waals surface area contributed by atoms with Crippen LogP contribution in [0.5, 0.6) is 0 Å². The van der Waals surface area contributed by atoms with Crippen LogP contribution in [-0.2, 0) is 27.2 Å². The molecule has 10 heteroatoms. The van der Waals surface area contributed by atoms with E-state index in [1.807, 2.05) is 12.1 Å². The smallest absolute Gasteiger partial charge is 0.475 e. The molecule has 2 N–H and O–H groups in total. The van der Waals surface area contributed by atoms with Crippen LogP contribution in [0.4, 0.5) is 13.2 Å². The van der Waals surface area contributed by atoms with E-state index in [9.17, 15) is 22.8 Å². The van der Waals surface area contributed by atoms with Gasteiger partial charge < -0.3 is 20.1 Å². The molecule has 1 saturated heterocycles. The third kappa shape index (κ3) is 7.42. The van der Waals surface area contributed by atoms with Crippen molar-refractivity contribution in [1.82, 2.24) is 10.2 Å². The van der Waals surface area contributed by atoms with Gasteiger partial charge in [-0.1, -0.05) is 12.1 Å². The van der Waals surface area contributed by atoms with Crippen molar-refractivity contribution in [3.63, 3.8) is 0 Å². The number of nitrogens with zero attached hydrogens (tertiary/aromatic N) is 1. The van der Waals surface area contributed by atoms with Gasteiger partial charge in [0.1, 0.15) is 0 Å². The second kappa shape index (κ2) is 11.1. The number of fused-ring (bicyclic) bond motifs is 1. The molecule has 1 fully saturated rings. The Balaban J connectivity index is 0.000000396. The average molecular weight is 430 g/mol. The lowest BCUT2D eigenvalue weighted by atomic mass is 9.97. The minimum Gasteiger partial charge on any atom is -0.475 e. The van der Waals surface area contributed by atoms with Crippen LogP contribution in [0.25, 0.3) is 0 Å². The third-order valence-corrected chi connectivity index (χ3v) is 4.84. The van der Waals surface area contributed by atoms with Crippen LogP contribution in [0.15, 0.2) is 18.2 Å². The summed E-state index contributed by atoms with van der Waals surface area (Å²) in [7, 11) is 0. The van der Waals surface area contributed by atoms with Crippen LogP contribution in [0.2, 0.25) is 0 Å². The van der Waals surface area contributed by atoms with Gasteiger partial charge in [-0.3, -0.25) is 9.59 Å². The fourth-order valence-electron chi connectivity index (χ4n) is 3.18.